The van der Waals surface area contributed by atoms with E-state index in [1.54, 1.807) is 7.11 Å². The first-order chi connectivity index (χ1) is 14.9. The van der Waals surface area contributed by atoms with Crippen molar-refractivity contribution in [3.05, 3.63) is 44.7 Å². The van der Waals surface area contributed by atoms with Gasteiger partial charge in [-0.25, -0.2) is 0 Å². The molecule has 6 heteroatoms. The molecule has 0 atom stereocenters. The van der Waals surface area contributed by atoms with E-state index in [4.69, 9.17) is 9.47 Å². The fourth-order valence-corrected chi connectivity index (χ4v) is 5.74. The van der Waals surface area contributed by atoms with Crippen molar-refractivity contribution in [1.29, 1.82) is 0 Å². The molecule has 0 saturated carbocycles. The minimum atomic E-state index is -0.341. The third-order valence-electron chi connectivity index (χ3n) is 6.34. The van der Waals surface area contributed by atoms with Crippen LogP contribution in [0.5, 0.6) is 11.5 Å². The number of carbonyl (C=O) groups excluding carboxylic acids is 2. The lowest BCUT2D eigenvalue weighted by Gasteiger charge is -2.43. The molecular weight excluding hydrogens is 458 g/mol. The first-order valence-corrected chi connectivity index (χ1v) is 12.0. The molecule has 0 spiro atoms. The Kier molecular flexibility index (Phi) is 6.29. The minimum Gasteiger partial charge on any atom is -0.493 e. The molecule has 0 radical (unpaired) electrons. The molecule has 166 valence electrons. The molecule has 1 aromatic rings. The summed E-state index contributed by atoms with van der Waals surface area (Å²) in [5.74, 6) is 1.22. The van der Waals surface area contributed by atoms with Crippen molar-refractivity contribution in [2.75, 3.05) is 13.7 Å². The molecule has 0 bridgehead atoms. The van der Waals surface area contributed by atoms with E-state index in [0.717, 1.165) is 64.8 Å². The Hall–Kier alpha value is -2.08. The van der Waals surface area contributed by atoms with Gasteiger partial charge in [-0.05, 0) is 80.1 Å². The third-order valence-corrected chi connectivity index (χ3v) is 6.93. The average molecular weight is 488 g/mol. The van der Waals surface area contributed by atoms with Gasteiger partial charge in [0.2, 0.25) is 0 Å². The van der Waals surface area contributed by atoms with Crippen molar-refractivity contribution in [1.82, 2.24) is 4.90 Å². The number of carbonyl (C=O) groups is 2. The van der Waals surface area contributed by atoms with E-state index in [0.29, 0.717) is 24.3 Å². The summed E-state index contributed by atoms with van der Waals surface area (Å²) in [5.41, 5.74) is 4.72. The van der Waals surface area contributed by atoms with Crippen LogP contribution >= 0.6 is 15.9 Å². The zero-order chi connectivity index (χ0) is 22.3. The molecule has 0 saturated heterocycles. The van der Waals surface area contributed by atoms with Crippen molar-refractivity contribution < 1.29 is 19.1 Å². The molecule has 0 aromatic heterocycles. The number of hydrogen-bond donors (Lipinski definition) is 0. The van der Waals surface area contributed by atoms with Gasteiger partial charge in [-0.3, -0.25) is 9.59 Å². The maximum atomic E-state index is 13.2. The number of benzene rings is 1. The second-order valence-electron chi connectivity index (χ2n) is 8.65. The normalized spacial score (nSPS) is 19.7. The number of Topliss-reactive ketones (excluding diaryl/α,β-unsaturated/α-hetero) is 2. The number of allylic oxidation sites excluding steroid dienone is 4. The number of hydrogen-bond acceptors (Lipinski definition) is 5. The van der Waals surface area contributed by atoms with Gasteiger partial charge >= 0.3 is 0 Å². The van der Waals surface area contributed by atoms with Gasteiger partial charge < -0.3 is 14.4 Å². The monoisotopic (exact) mass is 487 g/mol. The highest BCUT2D eigenvalue weighted by molar-refractivity contribution is 9.10. The summed E-state index contributed by atoms with van der Waals surface area (Å²) >= 11 is 3.65. The first-order valence-electron chi connectivity index (χ1n) is 11.2. The molecule has 1 aromatic carbocycles. The lowest BCUT2D eigenvalue weighted by molar-refractivity contribution is -0.117. The van der Waals surface area contributed by atoms with E-state index in [-0.39, 0.29) is 23.6 Å². The molecule has 0 amide bonds. The van der Waals surface area contributed by atoms with Crippen LogP contribution in [0.3, 0.4) is 0 Å². The highest BCUT2D eigenvalue weighted by Gasteiger charge is 2.43. The van der Waals surface area contributed by atoms with Crippen molar-refractivity contribution in [3.63, 3.8) is 0 Å². The van der Waals surface area contributed by atoms with Gasteiger partial charge in [-0.1, -0.05) is 0 Å². The van der Waals surface area contributed by atoms with Crippen molar-refractivity contribution in [2.45, 2.75) is 71.3 Å². The molecule has 0 N–H and O–H groups in total. The minimum absolute atomic E-state index is 0.00712. The highest BCUT2D eigenvalue weighted by Crippen LogP contribution is 2.51. The zero-order valence-electron chi connectivity index (χ0n) is 18.7. The molecule has 1 heterocycles. The van der Waals surface area contributed by atoms with E-state index >= 15 is 0 Å². The number of halogens is 1. The van der Waals surface area contributed by atoms with E-state index in [9.17, 15) is 9.59 Å². The van der Waals surface area contributed by atoms with Gasteiger partial charge in [-0.2, -0.15) is 0 Å². The van der Waals surface area contributed by atoms with Gasteiger partial charge in [0, 0.05) is 47.8 Å². The van der Waals surface area contributed by atoms with E-state index in [1.165, 1.54) is 0 Å². The fraction of sp³-hybridized carbons (Fsp3) is 0.520. The molecule has 5 nitrogen and oxygen atoms in total. The topological polar surface area (TPSA) is 55.8 Å². The molecule has 0 unspecified atom stereocenters. The number of methoxy groups -OCH3 is 1. The van der Waals surface area contributed by atoms with Crippen molar-refractivity contribution >= 4 is 27.5 Å². The summed E-state index contributed by atoms with van der Waals surface area (Å²) in [6.07, 6.45) is 4.56. The molecule has 1 aliphatic heterocycles. The number of nitrogens with zero attached hydrogens (tertiary/aromatic N) is 1. The summed E-state index contributed by atoms with van der Waals surface area (Å²) < 4.78 is 12.4. The van der Waals surface area contributed by atoms with Crippen LogP contribution in [-0.2, 0) is 9.59 Å². The number of rotatable bonds is 5. The fourth-order valence-electron chi connectivity index (χ4n) is 5.19. The highest BCUT2D eigenvalue weighted by atomic mass is 79.9. The Morgan fingerprint density at radius 3 is 2.10 bits per heavy atom. The Balaban J connectivity index is 1.94. The SMILES string of the molecule is CCN1C2=C(C(=O)CCC2)C(c2cc(Br)c(OC(C)C)c(OC)c2)C2=C1CCCC2=O. The van der Waals surface area contributed by atoms with Gasteiger partial charge in [0.15, 0.2) is 23.1 Å². The third kappa shape index (κ3) is 3.84. The quantitative estimate of drug-likeness (QED) is 0.534. The predicted octanol–water partition coefficient (Wildman–Crippen LogP) is 5.68. The Bertz CT molecular complexity index is 947. The molecular formula is C25H30BrNO4. The lowest BCUT2D eigenvalue weighted by Crippen LogP contribution is -2.39. The smallest absolute Gasteiger partial charge is 0.175 e. The van der Waals surface area contributed by atoms with Crippen LogP contribution in [0.4, 0.5) is 0 Å². The van der Waals surface area contributed by atoms with Crippen molar-refractivity contribution in [3.8, 4) is 11.5 Å². The number of ketones is 2. The van der Waals surface area contributed by atoms with Crippen LogP contribution in [0.25, 0.3) is 0 Å². The maximum Gasteiger partial charge on any atom is 0.175 e. The Morgan fingerprint density at radius 1 is 1.03 bits per heavy atom. The van der Waals surface area contributed by atoms with Crippen LogP contribution in [0.2, 0.25) is 0 Å². The van der Waals surface area contributed by atoms with Crippen LogP contribution in [-0.4, -0.2) is 36.2 Å². The van der Waals surface area contributed by atoms with Crippen molar-refractivity contribution in [2.24, 2.45) is 0 Å². The van der Waals surface area contributed by atoms with Crippen LogP contribution in [0.1, 0.15) is 70.8 Å². The number of ether oxygens (including phenoxy) is 2. The molecule has 0 fully saturated rings. The Labute approximate surface area is 192 Å². The zero-order valence-corrected chi connectivity index (χ0v) is 20.3. The average Bonchev–Trinajstić information content (AvgIpc) is 2.73. The summed E-state index contributed by atoms with van der Waals surface area (Å²) in [7, 11) is 1.62. The Morgan fingerprint density at radius 2 is 1.61 bits per heavy atom. The predicted molar refractivity (Wildman–Crippen MR) is 123 cm³/mol. The first kappa shape index (κ1) is 22.1. The summed E-state index contributed by atoms with van der Waals surface area (Å²) in [4.78, 5) is 28.7. The summed E-state index contributed by atoms with van der Waals surface area (Å²) in [6, 6.07) is 3.93. The van der Waals surface area contributed by atoms with Crippen LogP contribution < -0.4 is 9.47 Å². The second-order valence-corrected chi connectivity index (χ2v) is 9.51. The summed E-state index contributed by atoms with van der Waals surface area (Å²) in [6.45, 7) is 6.82. The van der Waals surface area contributed by atoms with Gasteiger partial charge in [0.25, 0.3) is 0 Å². The largest absolute Gasteiger partial charge is 0.493 e. The van der Waals surface area contributed by atoms with E-state index in [1.807, 2.05) is 26.0 Å². The van der Waals surface area contributed by atoms with Crippen LogP contribution in [0.15, 0.2) is 39.1 Å². The molecule has 31 heavy (non-hydrogen) atoms. The summed E-state index contributed by atoms with van der Waals surface area (Å²) in [5, 5.41) is 0. The van der Waals surface area contributed by atoms with Crippen LogP contribution in [0, 0.1) is 0 Å². The molecule has 3 aliphatic rings. The van der Waals surface area contributed by atoms with E-state index in [2.05, 4.69) is 27.8 Å². The molecule has 2 aliphatic carbocycles. The van der Waals surface area contributed by atoms with Gasteiger partial charge in [-0.15, -0.1) is 0 Å². The van der Waals surface area contributed by atoms with Gasteiger partial charge in [0.1, 0.15) is 0 Å². The lowest BCUT2D eigenvalue weighted by atomic mass is 9.71. The van der Waals surface area contributed by atoms with E-state index < -0.39 is 0 Å². The second kappa shape index (κ2) is 8.81. The maximum absolute atomic E-state index is 13.2. The van der Waals surface area contributed by atoms with Gasteiger partial charge in [0.05, 0.1) is 17.7 Å². The molecule has 4 rings (SSSR count). The standard InChI is InChI=1S/C25H30BrNO4/c1-5-27-17-8-6-10-19(28)23(17)22(24-18(27)9-7-11-20(24)29)15-12-16(26)25(31-14(2)3)21(13-15)30-4/h12-14,22H,5-11H2,1-4H3.